The Kier molecular flexibility index (Phi) is 36.6. The third kappa shape index (κ3) is 25.4. The minimum absolute atomic E-state index is 0. The van der Waals surface area contributed by atoms with Gasteiger partial charge in [0.15, 0.2) is 17.3 Å². The summed E-state index contributed by atoms with van der Waals surface area (Å²) in [6, 6.07) is 5.19. The van der Waals surface area contributed by atoms with Crippen LogP contribution in [0.25, 0.3) is 0 Å². The summed E-state index contributed by atoms with van der Waals surface area (Å²) in [6.45, 7) is 19.0. The van der Waals surface area contributed by atoms with Gasteiger partial charge in [0.2, 0.25) is 0 Å². The molecule has 5 fully saturated rings. The van der Waals surface area contributed by atoms with Crippen LogP contribution < -0.4 is 24.5 Å². The number of allylic oxidation sites excluding steroid dienone is 1. The second-order valence-electron chi connectivity index (χ2n) is 18.3. The molecule has 8 rings (SSSR count). The molecule has 6 aliphatic heterocycles. The number of rotatable bonds is 6. The van der Waals surface area contributed by atoms with Crippen molar-refractivity contribution in [1.29, 1.82) is 0 Å². The summed E-state index contributed by atoms with van der Waals surface area (Å²) in [7, 11) is 11.4. The molecule has 6 aliphatic rings. The number of likely N-dealkylation sites (N-methyl/N-ethyl adjacent to an activating group) is 3. The van der Waals surface area contributed by atoms with E-state index in [0.717, 1.165) is 105 Å². The Morgan fingerprint density at radius 1 is 0.826 bits per heavy atom. The Bertz CT molecular complexity index is 1810. The van der Waals surface area contributed by atoms with Gasteiger partial charge >= 0.3 is 56.5 Å². The van der Waals surface area contributed by atoms with Crippen LogP contribution in [-0.2, 0) is 19.2 Å². The number of ketones is 1. The number of aliphatic hydroxyl groups is 1. The van der Waals surface area contributed by atoms with Crippen LogP contribution in [0.15, 0.2) is 43.0 Å². The van der Waals surface area contributed by atoms with Crippen molar-refractivity contribution in [2.75, 3.05) is 75.1 Å². The Labute approximate surface area is 449 Å². The second kappa shape index (κ2) is 37.3. The molecule has 0 aliphatic carbocycles. The van der Waals surface area contributed by atoms with Crippen LogP contribution in [0.3, 0.4) is 0 Å². The van der Waals surface area contributed by atoms with Gasteiger partial charge in [-0.25, -0.2) is 5.90 Å². The van der Waals surface area contributed by atoms with Crippen molar-refractivity contribution in [3.63, 3.8) is 0 Å². The van der Waals surface area contributed by atoms with E-state index < -0.39 is 5.79 Å². The summed E-state index contributed by atoms with van der Waals surface area (Å²) >= 11 is 5.30. The van der Waals surface area contributed by atoms with Crippen molar-refractivity contribution >= 4 is 72.8 Å². The molecule has 8 heterocycles. The van der Waals surface area contributed by atoms with Crippen LogP contribution in [0, 0.1) is 13.8 Å². The first-order valence-corrected chi connectivity index (χ1v) is 36.0. The molecule has 2 aromatic rings. The van der Waals surface area contributed by atoms with Gasteiger partial charge in [0.25, 0.3) is 5.79 Å². The van der Waals surface area contributed by atoms with Gasteiger partial charge in [0.05, 0.1) is 54.8 Å². The molecule has 0 amide bonds. The van der Waals surface area contributed by atoms with Crippen molar-refractivity contribution in [2.45, 2.75) is 155 Å². The number of halogens is 4. The summed E-state index contributed by atoms with van der Waals surface area (Å²) in [6.07, 6.45) is 13.5. The average Bonchev–Trinajstić information content (AvgIpc) is 4.15. The smallest absolute Gasteiger partial charge is 0.219 e. The number of methoxy groups -OCH3 is 1. The average molecular weight is 1330 g/mol. The standard InChI is InChI=1S/C10H17NO.C9H16N2O2.C9H14N2O.C8H12N2O.C7H13NO2.C4H9N.ClH.I3.H3NO/c1-8(2)7-10(12)9-5-4-6-11(9)3;1-7-6-9(12,13-10-7)8-4-3-5-11(8)2;1-7-6-9(12-10-7)8-4-3-5-11(8)2;1-6-5-8(11-10-6)7-3-2-4-9-7;1-8-5-3-4-6(8)7(9)10-2;1-4(2)5-3;;1-3-2;1-2/h7,9H,4-6H2,1-3H3;8,12H,3-6H2,1-2H3;6,8H,3-5H2,1-2H3;5,7,9H,2-4H2,1H3;6H,3-5H2,1-2H3;1-3H3;1H;;2H,1H2/q;;;;;;;-1;. The fraction of sp³-hybridized carbons (Fsp3) is 0.745. The molecule has 18 nitrogen and oxygen atoms in total. The number of nitrogens with one attached hydrogen (secondary N) is 1. The van der Waals surface area contributed by atoms with Gasteiger partial charge in [-0.15, -0.1) is 12.4 Å². The quantitative estimate of drug-likeness (QED) is 0.0958. The number of aryl methyl sites for hydroxylation is 2. The first-order valence-electron chi connectivity index (χ1n) is 23.4. The van der Waals surface area contributed by atoms with Crippen molar-refractivity contribution in [3.05, 3.63) is 46.7 Å². The third-order valence-electron chi connectivity index (χ3n) is 12.2. The topological polar surface area (TPSA) is 221 Å². The number of aliphatic imine (C=N–C) groups is 1. The number of esters is 1. The van der Waals surface area contributed by atoms with Crippen LogP contribution >= 0.6 is 49.6 Å². The predicted molar refractivity (Wildman–Crippen MR) is 290 cm³/mol. The number of likely N-dealkylation sites (tertiary alicyclic amines) is 4. The van der Waals surface area contributed by atoms with Gasteiger partial charge < -0.3 is 34.3 Å². The second-order valence-corrected chi connectivity index (χ2v) is 34.5. The molecule has 22 heteroatoms. The Morgan fingerprint density at radius 3 is 1.68 bits per heavy atom. The fourth-order valence-corrected chi connectivity index (χ4v) is 8.53. The number of ether oxygens (including phenoxy) is 1. The summed E-state index contributed by atoms with van der Waals surface area (Å²) in [5.74, 6) is 4.62. The number of hydrogen-bond donors (Lipinski definition) is 4. The van der Waals surface area contributed by atoms with Crippen LogP contribution in [0.4, 0.5) is 0 Å². The Morgan fingerprint density at radius 2 is 1.32 bits per heavy atom. The van der Waals surface area contributed by atoms with E-state index in [1.165, 1.54) is 39.3 Å². The number of nitrogens with zero attached hydrogens (tertiary/aromatic N) is 8. The molecule has 0 radical (unpaired) electrons. The number of carbonyl (C=O) groups excluding carboxylic acids is 2. The first kappa shape index (κ1) is 67.6. The molecule has 400 valence electrons. The monoisotopic (exact) mass is 1330 g/mol. The third-order valence-corrected chi connectivity index (χ3v) is 12.2. The molecular weight excluding hydrogens is 1250 g/mol. The predicted octanol–water partition coefficient (Wildman–Crippen LogP) is 5.22. The van der Waals surface area contributed by atoms with Gasteiger partial charge in [-0.3, -0.25) is 34.2 Å². The van der Waals surface area contributed by atoms with E-state index in [4.69, 9.17) is 19.1 Å². The maximum atomic E-state index is 11.5. The van der Waals surface area contributed by atoms with Gasteiger partial charge in [0.1, 0.15) is 6.04 Å². The molecule has 0 aromatic carbocycles. The Hall–Kier alpha value is -1.40. The molecule has 0 spiro atoms. The molecule has 0 saturated carbocycles. The van der Waals surface area contributed by atoms with Gasteiger partial charge in [-0.1, -0.05) is 21.0 Å². The number of nitrogens with two attached hydrogens (primary N) is 1. The van der Waals surface area contributed by atoms with Gasteiger partial charge in [-0.2, -0.15) is 0 Å². The van der Waals surface area contributed by atoms with Crippen LogP contribution in [0.5, 0.6) is 0 Å². The Balaban J connectivity index is 0.000000797. The zero-order chi connectivity index (χ0) is 51.4. The zero-order valence-corrected chi connectivity index (χ0v) is 50.8. The molecule has 5 N–H and O–H groups in total. The molecule has 6 unspecified atom stereocenters. The molecule has 2 aromatic heterocycles. The maximum Gasteiger partial charge on any atom is -0.219 e. The summed E-state index contributed by atoms with van der Waals surface area (Å²) < 4.78 is 15.0. The molecular formula is C47H85ClI3N10O8-. The largest absolute Gasteiger partial charge is 0.320 e. The van der Waals surface area contributed by atoms with E-state index in [1.807, 2.05) is 86.6 Å². The summed E-state index contributed by atoms with van der Waals surface area (Å²) in [4.78, 5) is 40.1. The van der Waals surface area contributed by atoms with Gasteiger partial charge in [-0.05, 0) is 180 Å². The normalized spacial score (nSPS) is 24.8. The molecule has 6 atom stereocenters. The van der Waals surface area contributed by atoms with E-state index in [9.17, 15) is 14.7 Å². The van der Waals surface area contributed by atoms with E-state index in [1.54, 1.807) is 13.1 Å². The van der Waals surface area contributed by atoms with Crippen molar-refractivity contribution < 1.29 is 51.8 Å². The van der Waals surface area contributed by atoms with Crippen LogP contribution in [0.2, 0.25) is 0 Å². The first-order chi connectivity index (χ1) is 32.3. The summed E-state index contributed by atoms with van der Waals surface area (Å²) in [5, 5.41) is 31.6. The fourth-order valence-electron chi connectivity index (χ4n) is 8.53. The molecule has 69 heavy (non-hydrogen) atoms. The maximum absolute atomic E-state index is 11.5. The van der Waals surface area contributed by atoms with E-state index in [2.05, 4.69) is 95.4 Å². The van der Waals surface area contributed by atoms with Crippen LogP contribution in [-0.4, -0.2) is 162 Å². The minimum atomic E-state index is -1.06. The SMILES string of the molecule is CC(C)=CC(=O)C1CCCN1C.CC1=NOC(O)(C2CCCN2C)C1.CN=C(C)C.COC(=O)C1CCCN1C.Cc1cc(C2CCCN2)on1.Cc1cc(C2CCCN2C)on1.Cl.I[I-]I.NO. The van der Waals surface area contributed by atoms with Crippen LogP contribution in [0.1, 0.15) is 140 Å². The molecule has 0 bridgehead atoms. The number of oxime groups is 1. The zero-order valence-electron chi connectivity index (χ0n) is 43.5. The van der Waals surface area contributed by atoms with Crippen molar-refractivity contribution in [1.82, 2.24) is 35.2 Å². The summed E-state index contributed by atoms with van der Waals surface area (Å²) in [5.41, 5.74) is 5.05. The number of hydrogen-bond acceptors (Lipinski definition) is 18. The number of carbonyl (C=O) groups is 2. The van der Waals surface area contributed by atoms with Crippen molar-refractivity contribution in [3.8, 4) is 0 Å². The van der Waals surface area contributed by atoms with E-state index >= 15 is 0 Å². The van der Waals surface area contributed by atoms with E-state index in [-0.39, 0.29) is 42.3 Å². The minimum Gasteiger partial charge on any atom is -0.320 e. The molecule has 5 saturated heterocycles. The van der Waals surface area contributed by atoms with E-state index in [0.29, 0.717) is 31.8 Å². The van der Waals surface area contributed by atoms with Gasteiger partial charge in [0, 0.05) is 24.9 Å². The van der Waals surface area contributed by atoms with Crippen molar-refractivity contribution in [2.24, 2.45) is 16.0 Å². The number of aromatic nitrogens is 2.